The lowest BCUT2D eigenvalue weighted by atomic mass is 10.4. The van der Waals surface area contributed by atoms with E-state index in [1.807, 2.05) is 0 Å². The lowest BCUT2D eigenvalue weighted by Crippen LogP contribution is -2.41. The molecule has 0 rings (SSSR count). The summed E-state index contributed by atoms with van der Waals surface area (Å²) in [6.45, 7) is 1.68. The van der Waals surface area contributed by atoms with Crippen molar-refractivity contribution < 1.29 is 4.79 Å². The van der Waals surface area contributed by atoms with Gasteiger partial charge >= 0.3 is 0 Å². The molecule has 0 aliphatic carbocycles. The van der Waals surface area contributed by atoms with Crippen molar-refractivity contribution in [1.82, 2.24) is 5.32 Å². The maximum Gasteiger partial charge on any atom is 0.225 e. The Morgan fingerprint density at radius 3 is 2.33 bits per heavy atom. The van der Waals surface area contributed by atoms with Crippen molar-refractivity contribution in [2.75, 3.05) is 0 Å². The van der Waals surface area contributed by atoms with Gasteiger partial charge in [-0.25, -0.2) is 0 Å². The van der Waals surface area contributed by atoms with E-state index in [1.165, 1.54) is 0 Å². The van der Waals surface area contributed by atoms with E-state index in [9.17, 15) is 4.79 Å². The lowest BCUT2D eigenvalue weighted by Gasteiger charge is -2.03. The summed E-state index contributed by atoms with van der Waals surface area (Å²) in [5.74, 6) is 9.36. The van der Waals surface area contributed by atoms with Gasteiger partial charge in [-0.05, 0) is 0 Å². The average Bonchev–Trinajstić information content (AvgIpc) is 2.12. The van der Waals surface area contributed by atoms with Gasteiger partial charge < -0.3 is 22.7 Å². The summed E-state index contributed by atoms with van der Waals surface area (Å²) in [7, 11) is 0. The van der Waals surface area contributed by atoms with Crippen LogP contribution < -0.4 is 22.7 Å². The second-order valence-corrected chi connectivity index (χ2v) is 1.89. The van der Waals surface area contributed by atoms with Gasteiger partial charge in [-0.1, -0.05) is 6.92 Å². The predicted octanol–water partition coefficient (Wildman–Crippen LogP) is -1.98. The third-order valence-corrected chi connectivity index (χ3v) is 1.09. The Morgan fingerprint density at radius 2 is 2.00 bits per heavy atom. The van der Waals surface area contributed by atoms with E-state index >= 15 is 0 Å². The molecule has 0 aliphatic rings. The Bertz CT molecular complexity index is 220. The molecule has 0 spiro atoms. The zero-order chi connectivity index (χ0) is 9.56. The first-order chi connectivity index (χ1) is 5.65. The van der Waals surface area contributed by atoms with Gasteiger partial charge in [0, 0.05) is 6.42 Å². The van der Waals surface area contributed by atoms with Crippen molar-refractivity contribution >= 4 is 17.6 Å². The van der Waals surface area contributed by atoms with Crippen LogP contribution in [0.5, 0.6) is 0 Å². The molecule has 0 aliphatic heterocycles. The number of amidine groups is 2. The minimum absolute atomic E-state index is 0.0237. The molecule has 0 bridgehead atoms. The smallest absolute Gasteiger partial charge is 0.225 e. The molecule has 0 fully saturated rings. The molecule has 0 aromatic carbocycles. The topological polar surface area (TPSA) is 132 Å². The Kier molecular flexibility index (Phi) is 4.20. The Balaban J connectivity index is 4.31. The molecule has 0 saturated carbocycles. The second kappa shape index (κ2) is 4.94. The summed E-state index contributed by atoms with van der Waals surface area (Å²) in [6.07, 6.45) is 0.302. The van der Waals surface area contributed by atoms with Gasteiger partial charge in [-0.3, -0.25) is 4.79 Å². The van der Waals surface area contributed by atoms with Crippen LogP contribution in [0.15, 0.2) is 10.2 Å². The van der Waals surface area contributed by atoms with Crippen molar-refractivity contribution in [2.45, 2.75) is 13.3 Å². The first-order valence-electron chi connectivity index (χ1n) is 3.27. The van der Waals surface area contributed by atoms with Crippen LogP contribution in [0.4, 0.5) is 0 Å². The first kappa shape index (κ1) is 10.2. The third-order valence-electron chi connectivity index (χ3n) is 1.09. The van der Waals surface area contributed by atoms with E-state index in [2.05, 4.69) is 15.5 Å². The van der Waals surface area contributed by atoms with Crippen molar-refractivity contribution in [2.24, 2.45) is 27.6 Å². The Labute approximate surface area is 69.7 Å². The molecule has 0 unspecified atom stereocenters. The molecule has 0 saturated heterocycles. The van der Waals surface area contributed by atoms with Gasteiger partial charge in [0.25, 0.3) is 0 Å². The van der Waals surface area contributed by atoms with E-state index in [4.69, 9.17) is 17.4 Å². The zero-order valence-electron chi connectivity index (χ0n) is 6.74. The molecular weight excluding hydrogens is 160 g/mol. The summed E-state index contributed by atoms with van der Waals surface area (Å²) < 4.78 is 0. The minimum atomic E-state index is -0.259. The Morgan fingerprint density at radius 1 is 1.42 bits per heavy atom. The SMILES string of the molecule is CCC(=O)NC(=NN)C(N)=NN. The second-order valence-electron chi connectivity index (χ2n) is 1.89. The van der Waals surface area contributed by atoms with Crippen LogP contribution in [0.2, 0.25) is 0 Å². The van der Waals surface area contributed by atoms with Gasteiger partial charge in [0.2, 0.25) is 5.91 Å². The molecule has 12 heavy (non-hydrogen) atoms. The monoisotopic (exact) mass is 172 g/mol. The van der Waals surface area contributed by atoms with Crippen LogP contribution in [-0.2, 0) is 4.79 Å². The highest BCUT2D eigenvalue weighted by molar-refractivity contribution is 6.42. The number of nitrogens with one attached hydrogen (secondary N) is 1. The molecule has 1 amide bonds. The van der Waals surface area contributed by atoms with Gasteiger partial charge in [0.05, 0.1) is 0 Å². The van der Waals surface area contributed by atoms with E-state index in [0.717, 1.165) is 0 Å². The summed E-state index contributed by atoms with van der Waals surface area (Å²) in [5.41, 5.74) is 5.23. The molecule has 0 heterocycles. The number of hydrogen-bond acceptors (Lipinski definition) is 5. The molecule has 7 N–H and O–H groups in total. The fraction of sp³-hybridized carbons (Fsp3) is 0.400. The minimum Gasteiger partial charge on any atom is -0.379 e. The fourth-order valence-electron chi connectivity index (χ4n) is 0.444. The average molecular weight is 172 g/mol. The highest BCUT2D eigenvalue weighted by Gasteiger charge is 2.07. The summed E-state index contributed by atoms with van der Waals surface area (Å²) in [6, 6.07) is 0. The van der Waals surface area contributed by atoms with Crippen LogP contribution in [-0.4, -0.2) is 17.6 Å². The van der Waals surface area contributed by atoms with E-state index in [1.54, 1.807) is 6.92 Å². The number of hydrogen-bond donors (Lipinski definition) is 4. The van der Waals surface area contributed by atoms with Crippen LogP contribution >= 0.6 is 0 Å². The molecule has 7 heteroatoms. The number of carbonyl (C=O) groups is 1. The molecule has 0 aromatic rings. The van der Waals surface area contributed by atoms with Crippen LogP contribution in [0.1, 0.15) is 13.3 Å². The lowest BCUT2D eigenvalue weighted by molar-refractivity contribution is -0.119. The number of nitrogens with two attached hydrogens (primary N) is 3. The van der Waals surface area contributed by atoms with Crippen LogP contribution in [0.25, 0.3) is 0 Å². The van der Waals surface area contributed by atoms with Crippen molar-refractivity contribution in [1.29, 1.82) is 0 Å². The maximum absolute atomic E-state index is 10.8. The molecule has 68 valence electrons. The first-order valence-corrected chi connectivity index (χ1v) is 3.27. The predicted molar refractivity (Wildman–Crippen MR) is 45.9 cm³/mol. The fourth-order valence-corrected chi connectivity index (χ4v) is 0.444. The normalized spacial score (nSPS) is 12.8. The van der Waals surface area contributed by atoms with E-state index in [-0.39, 0.29) is 17.6 Å². The van der Waals surface area contributed by atoms with Gasteiger partial charge in [0.1, 0.15) is 0 Å². The van der Waals surface area contributed by atoms with Crippen molar-refractivity contribution in [3.63, 3.8) is 0 Å². The van der Waals surface area contributed by atoms with E-state index in [0.29, 0.717) is 6.42 Å². The molecule has 0 radical (unpaired) electrons. The standard InChI is InChI=1S/C5H12N6O/c1-2-3(12)9-5(11-8)4(6)10-7/h2,7-8H2,1H3,(H2,6,10)(H,9,11,12). The van der Waals surface area contributed by atoms with E-state index < -0.39 is 0 Å². The number of rotatable bonds is 1. The Hall–Kier alpha value is -1.79. The third kappa shape index (κ3) is 2.86. The molecule has 0 atom stereocenters. The number of nitrogens with zero attached hydrogens (tertiary/aromatic N) is 2. The molecule has 7 nitrogen and oxygen atoms in total. The zero-order valence-corrected chi connectivity index (χ0v) is 6.74. The van der Waals surface area contributed by atoms with Gasteiger partial charge in [0.15, 0.2) is 11.7 Å². The van der Waals surface area contributed by atoms with Crippen LogP contribution in [0.3, 0.4) is 0 Å². The highest BCUT2D eigenvalue weighted by atomic mass is 16.1. The van der Waals surface area contributed by atoms with Crippen molar-refractivity contribution in [3.8, 4) is 0 Å². The number of hydrazone groups is 2. The summed E-state index contributed by atoms with van der Waals surface area (Å²) in [4.78, 5) is 10.8. The highest BCUT2D eigenvalue weighted by Crippen LogP contribution is 1.77. The van der Waals surface area contributed by atoms with Crippen LogP contribution in [0, 0.1) is 0 Å². The van der Waals surface area contributed by atoms with Crippen molar-refractivity contribution in [3.05, 3.63) is 0 Å². The summed E-state index contributed by atoms with van der Waals surface area (Å²) in [5, 5.41) is 8.63. The quantitative estimate of drug-likeness (QED) is 0.158. The number of amides is 1. The van der Waals surface area contributed by atoms with Gasteiger partial charge in [-0.2, -0.15) is 10.2 Å². The molecular formula is C5H12N6O. The molecule has 0 aromatic heterocycles. The number of carbonyl (C=O) groups excluding carboxylic acids is 1. The largest absolute Gasteiger partial charge is 0.379 e. The maximum atomic E-state index is 10.8. The van der Waals surface area contributed by atoms with Gasteiger partial charge in [-0.15, -0.1) is 0 Å². The summed E-state index contributed by atoms with van der Waals surface area (Å²) >= 11 is 0.